The fraction of sp³-hybridized carbons (Fsp3) is 0. The van der Waals surface area contributed by atoms with Crippen LogP contribution in [0.15, 0.2) is 133 Å². The topological polar surface area (TPSA) is 23.4 Å². The van der Waals surface area contributed by atoms with Gasteiger partial charge in [-0.2, -0.15) is 0 Å². The molecule has 0 fully saturated rings. The van der Waals surface area contributed by atoms with E-state index >= 15 is 0 Å². The number of para-hydroxylation sites is 2. The normalized spacial score (nSPS) is 13.1. The van der Waals surface area contributed by atoms with E-state index in [2.05, 4.69) is 132 Å². The van der Waals surface area contributed by atoms with Crippen LogP contribution in [-0.2, 0) is 0 Å². The minimum absolute atomic E-state index is 0.0264. The molecule has 0 saturated carbocycles. The largest absolute Gasteiger partial charge is 0.458 e. The Bertz CT molecular complexity index is 2430. The first-order valence-corrected chi connectivity index (χ1v) is 14.4. The van der Waals surface area contributed by atoms with Crippen LogP contribution in [0.1, 0.15) is 0 Å². The molecule has 0 saturated heterocycles. The van der Waals surface area contributed by atoms with Crippen molar-refractivity contribution >= 4 is 66.5 Å². The van der Waals surface area contributed by atoms with E-state index in [0.29, 0.717) is 0 Å². The van der Waals surface area contributed by atoms with Crippen LogP contribution in [-0.4, -0.2) is 11.3 Å². The van der Waals surface area contributed by atoms with Crippen LogP contribution in [0.5, 0.6) is 23.0 Å². The first-order valence-electron chi connectivity index (χ1n) is 14.4. The van der Waals surface area contributed by atoms with Gasteiger partial charge in [0.15, 0.2) is 0 Å². The molecule has 0 unspecified atom stereocenters. The fourth-order valence-corrected chi connectivity index (χ4v) is 7.38. The Morgan fingerprint density at radius 1 is 0.429 bits per heavy atom. The highest BCUT2D eigenvalue weighted by atomic mass is 16.5. The molecule has 2 aliphatic rings. The molecule has 0 N–H and O–H groups in total. The third-order valence-corrected chi connectivity index (χ3v) is 9.09. The molecule has 0 bridgehead atoms. The summed E-state index contributed by atoms with van der Waals surface area (Å²) in [5.41, 5.74) is 6.93. The number of fused-ring (bicyclic) bond motifs is 12. The van der Waals surface area contributed by atoms with Crippen molar-refractivity contribution in [2.75, 3.05) is 0 Å². The molecule has 3 heterocycles. The van der Waals surface area contributed by atoms with Crippen molar-refractivity contribution in [1.29, 1.82) is 0 Å². The number of hydrogen-bond donors (Lipinski definition) is 0. The highest BCUT2D eigenvalue weighted by Gasteiger charge is 2.42. The first-order chi connectivity index (χ1) is 20.8. The lowest BCUT2D eigenvalue weighted by atomic mass is 9.34. The van der Waals surface area contributed by atoms with Crippen molar-refractivity contribution in [1.82, 2.24) is 4.57 Å². The zero-order valence-corrected chi connectivity index (χ0v) is 22.5. The number of benzene rings is 7. The zero-order valence-electron chi connectivity index (χ0n) is 22.5. The second-order valence-electron chi connectivity index (χ2n) is 11.2. The van der Waals surface area contributed by atoms with Crippen LogP contribution in [0.3, 0.4) is 0 Å². The summed E-state index contributed by atoms with van der Waals surface area (Å²) in [5.74, 6) is 3.55. The number of aromatic nitrogens is 1. The maximum absolute atomic E-state index is 6.80. The van der Waals surface area contributed by atoms with Gasteiger partial charge in [0.25, 0.3) is 6.71 Å². The van der Waals surface area contributed by atoms with Crippen LogP contribution >= 0.6 is 0 Å². The molecule has 0 atom stereocenters. The van der Waals surface area contributed by atoms with Gasteiger partial charge >= 0.3 is 0 Å². The fourth-order valence-electron chi connectivity index (χ4n) is 7.38. The van der Waals surface area contributed by atoms with E-state index in [1.165, 1.54) is 43.4 Å². The zero-order chi connectivity index (χ0) is 27.4. The summed E-state index contributed by atoms with van der Waals surface area (Å²) < 4.78 is 15.9. The Hall–Kier alpha value is -5.48. The molecule has 7 aromatic carbocycles. The van der Waals surface area contributed by atoms with E-state index in [4.69, 9.17) is 9.47 Å². The molecule has 1 aromatic heterocycles. The van der Waals surface area contributed by atoms with Gasteiger partial charge in [0.05, 0.1) is 11.0 Å². The van der Waals surface area contributed by atoms with Crippen LogP contribution < -0.4 is 25.9 Å². The van der Waals surface area contributed by atoms with Crippen molar-refractivity contribution in [3.8, 4) is 28.7 Å². The third-order valence-electron chi connectivity index (χ3n) is 9.09. The highest BCUT2D eigenvalue weighted by Crippen LogP contribution is 2.42. The van der Waals surface area contributed by atoms with Crippen LogP contribution in [0.25, 0.3) is 49.0 Å². The van der Waals surface area contributed by atoms with E-state index in [1.807, 2.05) is 6.07 Å². The average Bonchev–Trinajstić information content (AvgIpc) is 3.37. The van der Waals surface area contributed by atoms with Gasteiger partial charge < -0.3 is 14.0 Å². The number of ether oxygens (including phenoxy) is 2. The van der Waals surface area contributed by atoms with Crippen LogP contribution in [0.2, 0.25) is 0 Å². The van der Waals surface area contributed by atoms with Crippen LogP contribution in [0, 0.1) is 0 Å². The molecule has 194 valence electrons. The molecule has 42 heavy (non-hydrogen) atoms. The van der Waals surface area contributed by atoms with E-state index in [1.54, 1.807) is 0 Å². The predicted octanol–water partition coefficient (Wildman–Crippen LogP) is 7.82. The summed E-state index contributed by atoms with van der Waals surface area (Å²) in [6.45, 7) is -0.0264. The van der Waals surface area contributed by atoms with Gasteiger partial charge in [-0.05, 0) is 57.4 Å². The second-order valence-corrected chi connectivity index (χ2v) is 11.2. The smallest absolute Gasteiger partial charge is 0.261 e. The van der Waals surface area contributed by atoms with Gasteiger partial charge in [-0.1, -0.05) is 97.1 Å². The molecule has 0 radical (unpaired) electrons. The van der Waals surface area contributed by atoms with Gasteiger partial charge in [0.2, 0.25) is 0 Å². The Morgan fingerprint density at radius 2 is 1.07 bits per heavy atom. The molecule has 8 aromatic rings. The molecule has 10 rings (SSSR count). The SMILES string of the molecule is c1ccc(-n2c3ccccc3c3cc4c(cc32)Oc2cccc3c2B4c2c(c4ccccc4c4ccccc24)O3)cc1. The monoisotopic (exact) mass is 535 g/mol. The number of hydrogen-bond acceptors (Lipinski definition) is 2. The quantitative estimate of drug-likeness (QED) is 0.158. The molecular weight excluding hydrogens is 513 g/mol. The molecule has 3 nitrogen and oxygen atoms in total. The molecule has 4 heteroatoms. The Morgan fingerprint density at radius 3 is 1.88 bits per heavy atom. The molecule has 0 aliphatic carbocycles. The minimum Gasteiger partial charge on any atom is -0.458 e. The maximum atomic E-state index is 6.80. The molecule has 2 aliphatic heterocycles. The molecule has 0 amide bonds. The second kappa shape index (κ2) is 8.05. The van der Waals surface area contributed by atoms with E-state index in [0.717, 1.165) is 45.1 Å². The average molecular weight is 535 g/mol. The first kappa shape index (κ1) is 22.2. The lowest BCUT2D eigenvalue weighted by molar-refractivity contribution is 0.467. The third kappa shape index (κ3) is 2.81. The van der Waals surface area contributed by atoms with Gasteiger partial charge in [0.1, 0.15) is 23.0 Å². The van der Waals surface area contributed by atoms with E-state index in [9.17, 15) is 0 Å². The minimum atomic E-state index is -0.0264. The van der Waals surface area contributed by atoms with Crippen molar-refractivity contribution < 1.29 is 9.47 Å². The standard InChI is InChI=1S/C38H22BNO2/c1-2-11-23(12-3-1)40-31-18-9-8-15-26(31)29-21-30-35(22-32(29)40)41-33-19-10-20-34-37(33)39(30)36-27-16-6-4-13-24(27)25-14-5-7-17-28(25)38(36)42-34/h1-22H. The maximum Gasteiger partial charge on any atom is 0.261 e. The van der Waals surface area contributed by atoms with Crippen molar-refractivity contribution in [3.63, 3.8) is 0 Å². The van der Waals surface area contributed by atoms with E-state index in [-0.39, 0.29) is 6.71 Å². The van der Waals surface area contributed by atoms with Crippen molar-refractivity contribution in [2.45, 2.75) is 0 Å². The summed E-state index contributed by atoms with van der Waals surface area (Å²) in [6.07, 6.45) is 0. The van der Waals surface area contributed by atoms with E-state index < -0.39 is 0 Å². The lowest BCUT2D eigenvalue weighted by Gasteiger charge is -2.34. The highest BCUT2D eigenvalue weighted by molar-refractivity contribution is 7.00. The molecular formula is C38H22BNO2. The number of rotatable bonds is 1. The van der Waals surface area contributed by atoms with Gasteiger partial charge in [0, 0.05) is 33.4 Å². The predicted molar refractivity (Wildman–Crippen MR) is 173 cm³/mol. The Kier molecular flexibility index (Phi) is 4.26. The summed E-state index contributed by atoms with van der Waals surface area (Å²) in [5, 5.41) is 7.25. The summed E-state index contributed by atoms with van der Waals surface area (Å²) in [6, 6.07) is 47.4. The van der Waals surface area contributed by atoms with Gasteiger partial charge in [-0.3, -0.25) is 0 Å². The van der Waals surface area contributed by atoms with Gasteiger partial charge in [-0.25, -0.2) is 0 Å². The van der Waals surface area contributed by atoms with Crippen molar-refractivity contribution in [3.05, 3.63) is 133 Å². The van der Waals surface area contributed by atoms with Crippen LogP contribution in [0.4, 0.5) is 0 Å². The van der Waals surface area contributed by atoms with Gasteiger partial charge in [-0.15, -0.1) is 0 Å². The number of nitrogens with zero attached hydrogens (tertiary/aromatic N) is 1. The lowest BCUT2D eigenvalue weighted by Crippen LogP contribution is -2.57. The summed E-state index contributed by atoms with van der Waals surface area (Å²) in [7, 11) is 0. The molecule has 0 spiro atoms. The Balaban J connectivity index is 1.36. The summed E-state index contributed by atoms with van der Waals surface area (Å²) >= 11 is 0. The van der Waals surface area contributed by atoms with Crippen molar-refractivity contribution in [2.24, 2.45) is 0 Å². The summed E-state index contributed by atoms with van der Waals surface area (Å²) in [4.78, 5) is 0. The Labute approximate surface area is 242 Å².